The number of hydrogen-bond donors (Lipinski definition) is 1. The maximum Gasteiger partial charge on any atom is 0.147 e. The number of aliphatic hydroxyl groups excluding tert-OH is 1. The number of hydrogen-bond acceptors (Lipinski definition) is 2. The average molecular weight is 194 g/mol. The van der Waals surface area contributed by atoms with Crippen LogP contribution in [0.2, 0.25) is 0 Å². The van der Waals surface area contributed by atoms with E-state index in [0.717, 1.165) is 6.42 Å². The van der Waals surface area contributed by atoms with Gasteiger partial charge in [0.05, 0.1) is 12.0 Å². The van der Waals surface area contributed by atoms with Gasteiger partial charge in [0.2, 0.25) is 0 Å². The van der Waals surface area contributed by atoms with Gasteiger partial charge in [0.15, 0.2) is 0 Å². The Hall–Kier alpha value is -0.630. The molecule has 0 aromatic heterocycles. The lowest BCUT2D eigenvalue weighted by Crippen LogP contribution is -2.51. The van der Waals surface area contributed by atoms with Gasteiger partial charge in [0.1, 0.15) is 5.78 Å². The topological polar surface area (TPSA) is 37.3 Å². The molecule has 3 atom stereocenters. The van der Waals surface area contributed by atoms with Crippen molar-refractivity contribution in [1.82, 2.24) is 0 Å². The molecule has 0 aromatic carbocycles. The van der Waals surface area contributed by atoms with E-state index in [2.05, 4.69) is 12.2 Å². The van der Waals surface area contributed by atoms with Gasteiger partial charge in [0, 0.05) is 5.41 Å². The molecule has 1 saturated carbocycles. The van der Waals surface area contributed by atoms with E-state index in [9.17, 15) is 9.90 Å². The summed E-state index contributed by atoms with van der Waals surface area (Å²) in [7, 11) is 0. The first-order chi connectivity index (χ1) is 6.43. The van der Waals surface area contributed by atoms with Crippen molar-refractivity contribution >= 4 is 5.78 Å². The van der Waals surface area contributed by atoms with Gasteiger partial charge in [-0.3, -0.25) is 4.79 Å². The third-order valence-electron chi connectivity index (χ3n) is 4.26. The van der Waals surface area contributed by atoms with E-state index in [4.69, 9.17) is 0 Å². The van der Waals surface area contributed by atoms with Crippen molar-refractivity contribution in [3.63, 3.8) is 0 Å². The molecule has 2 aliphatic rings. The number of ketones is 1. The Kier molecular flexibility index (Phi) is 1.91. The number of aliphatic hydroxyl groups is 1. The molecule has 0 aliphatic heterocycles. The summed E-state index contributed by atoms with van der Waals surface area (Å²) in [6.07, 6.45) is 5.30. The van der Waals surface area contributed by atoms with E-state index < -0.39 is 5.41 Å². The summed E-state index contributed by atoms with van der Waals surface area (Å²) in [6, 6.07) is 0. The largest absolute Gasteiger partial charge is 0.395 e. The van der Waals surface area contributed by atoms with Gasteiger partial charge in [-0.05, 0) is 25.2 Å². The normalized spacial score (nSPS) is 44.4. The van der Waals surface area contributed by atoms with Crippen molar-refractivity contribution < 1.29 is 9.90 Å². The molecule has 2 rings (SSSR count). The van der Waals surface area contributed by atoms with Gasteiger partial charge in [0.25, 0.3) is 0 Å². The Labute approximate surface area is 85.0 Å². The van der Waals surface area contributed by atoms with Crippen LogP contribution in [-0.2, 0) is 4.79 Å². The molecule has 0 aromatic rings. The highest BCUT2D eigenvalue weighted by Crippen LogP contribution is 2.53. The Bertz CT molecular complexity index is 303. The molecule has 0 spiro atoms. The summed E-state index contributed by atoms with van der Waals surface area (Å²) in [5.74, 6) is 0.844. The predicted molar refractivity (Wildman–Crippen MR) is 54.7 cm³/mol. The van der Waals surface area contributed by atoms with Crippen LogP contribution in [0.5, 0.6) is 0 Å². The fourth-order valence-electron chi connectivity index (χ4n) is 2.97. The number of carbonyl (C=O) groups is 1. The smallest absolute Gasteiger partial charge is 0.147 e. The molecule has 1 fully saturated rings. The number of Topliss-reactive ketones (excluding diaryl/α,β-unsaturated/α-hetero) is 1. The van der Waals surface area contributed by atoms with Crippen LogP contribution in [0, 0.1) is 22.7 Å². The van der Waals surface area contributed by atoms with Crippen molar-refractivity contribution in [3.05, 3.63) is 12.2 Å². The Morgan fingerprint density at radius 2 is 1.93 bits per heavy atom. The highest BCUT2D eigenvalue weighted by atomic mass is 16.3. The van der Waals surface area contributed by atoms with Crippen molar-refractivity contribution in [2.45, 2.75) is 27.2 Å². The number of rotatable bonds is 1. The van der Waals surface area contributed by atoms with E-state index in [0.29, 0.717) is 5.92 Å². The Morgan fingerprint density at radius 1 is 1.36 bits per heavy atom. The van der Waals surface area contributed by atoms with Crippen LogP contribution in [-0.4, -0.2) is 17.5 Å². The molecular weight excluding hydrogens is 176 g/mol. The highest BCUT2D eigenvalue weighted by molar-refractivity contribution is 5.92. The van der Waals surface area contributed by atoms with Crippen molar-refractivity contribution in [3.8, 4) is 0 Å². The molecule has 0 heterocycles. The summed E-state index contributed by atoms with van der Waals surface area (Å²) in [4.78, 5) is 12.3. The molecule has 1 N–H and O–H groups in total. The second kappa shape index (κ2) is 2.69. The zero-order chi connectivity index (χ0) is 10.6. The lowest BCUT2D eigenvalue weighted by molar-refractivity contribution is -0.148. The quantitative estimate of drug-likeness (QED) is 0.646. The number of allylic oxidation sites excluding steroid dienone is 2. The number of carbonyl (C=O) groups excluding carboxylic acids is 1. The molecule has 2 heteroatoms. The van der Waals surface area contributed by atoms with Crippen molar-refractivity contribution in [2.24, 2.45) is 22.7 Å². The molecular formula is C12H18O2. The van der Waals surface area contributed by atoms with Gasteiger partial charge >= 0.3 is 0 Å². The molecule has 0 unspecified atom stereocenters. The van der Waals surface area contributed by atoms with Crippen molar-refractivity contribution in [2.75, 3.05) is 6.61 Å². The first-order valence-corrected chi connectivity index (χ1v) is 5.27. The second-order valence-electron chi connectivity index (χ2n) is 5.46. The van der Waals surface area contributed by atoms with Crippen LogP contribution in [0.4, 0.5) is 0 Å². The summed E-state index contributed by atoms with van der Waals surface area (Å²) < 4.78 is 0. The van der Waals surface area contributed by atoms with E-state index in [-0.39, 0.29) is 23.7 Å². The fourth-order valence-corrected chi connectivity index (χ4v) is 2.97. The Morgan fingerprint density at radius 3 is 2.50 bits per heavy atom. The maximum atomic E-state index is 12.3. The van der Waals surface area contributed by atoms with Crippen molar-refractivity contribution in [1.29, 1.82) is 0 Å². The van der Waals surface area contributed by atoms with Crippen LogP contribution in [0.25, 0.3) is 0 Å². The standard InChI is InChI=1S/C12H18O2/c1-11(2)8-4-5-9(6-8)12(3,7-13)10(11)14/h4-5,8-9,13H,6-7H2,1-3H3/t8-,9+,12-/m1/s1. The molecule has 0 amide bonds. The van der Waals surface area contributed by atoms with E-state index >= 15 is 0 Å². The first kappa shape index (κ1) is 9.91. The summed E-state index contributed by atoms with van der Waals surface area (Å²) >= 11 is 0. The fraction of sp³-hybridized carbons (Fsp3) is 0.750. The first-order valence-electron chi connectivity index (χ1n) is 5.27. The molecule has 78 valence electrons. The molecule has 2 bridgehead atoms. The van der Waals surface area contributed by atoms with Crippen LogP contribution < -0.4 is 0 Å². The third-order valence-corrected chi connectivity index (χ3v) is 4.26. The van der Waals surface area contributed by atoms with Crippen LogP contribution in [0.1, 0.15) is 27.2 Å². The van der Waals surface area contributed by atoms with Crippen LogP contribution >= 0.6 is 0 Å². The highest BCUT2D eigenvalue weighted by Gasteiger charge is 2.55. The van der Waals surface area contributed by atoms with E-state index in [1.165, 1.54) is 0 Å². The predicted octanol–water partition coefficient (Wildman–Crippen LogP) is 1.79. The Balaban J connectivity index is 2.46. The minimum absolute atomic E-state index is 0.0308. The summed E-state index contributed by atoms with van der Waals surface area (Å²) in [5.41, 5.74) is -0.853. The monoisotopic (exact) mass is 194 g/mol. The molecule has 0 radical (unpaired) electrons. The number of fused-ring (bicyclic) bond motifs is 2. The SMILES string of the molecule is CC1(C)C(=O)[C@](C)(CO)[C@H]2C=C[C@@H]1C2. The maximum absolute atomic E-state index is 12.3. The van der Waals surface area contributed by atoms with Gasteiger partial charge in [-0.1, -0.05) is 26.0 Å². The lowest BCUT2D eigenvalue weighted by Gasteiger charge is -2.45. The second-order valence-corrected chi connectivity index (χ2v) is 5.46. The zero-order valence-corrected chi connectivity index (χ0v) is 9.08. The molecule has 2 aliphatic carbocycles. The van der Waals surface area contributed by atoms with Crippen LogP contribution in [0.3, 0.4) is 0 Å². The van der Waals surface area contributed by atoms with E-state index in [1.807, 2.05) is 20.8 Å². The molecule has 0 saturated heterocycles. The van der Waals surface area contributed by atoms with E-state index in [1.54, 1.807) is 0 Å². The average Bonchev–Trinajstić information content (AvgIpc) is 2.61. The summed E-state index contributed by atoms with van der Waals surface area (Å²) in [6.45, 7) is 5.87. The van der Waals surface area contributed by atoms with Gasteiger partial charge in [-0.25, -0.2) is 0 Å². The molecule has 14 heavy (non-hydrogen) atoms. The van der Waals surface area contributed by atoms with Gasteiger partial charge < -0.3 is 5.11 Å². The van der Waals surface area contributed by atoms with Gasteiger partial charge in [-0.2, -0.15) is 0 Å². The minimum atomic E-state index is -0.549. The minimum Gasteiger partial charge on any atom is -0.395 e. The zero-order valence-electron chi connectivity index (χ0n) is 9.08. The summed E-state index contributed by atoms with van der Waals surface area (Å²) in [5, 5.41) is 9.42. The third kappa shape index (κ3) is 0.977. The molecule has 2 nitrogen and oxygen atoms in total. The lowest BCUT2D eigenvalue weighted by atomic mass is 9.57. The van der Waals surface area contributed by atoms with Crippen LogP contribution in [0.15, 0.2) is 12.2 Å². The van der Waals surface area contributed by atoms with Gasteiger partial charge in [-0.15, -0.1) is 0 Å².